The Balaban J connectivity index is 1.41. The number of unbranched alkanes of at least 4 members (excludes halogenated alkanes) is 1. The summed E-state index contributed by atoms with van der Waals surface area (Å²) in [6, 6.07) is 16.1. The smallest absolute Gasteiger partial charge is 0.315 e. The number of nitrogens with zero attached hydrogens (tertiary/aromatic N) is 1. The molecule has 7 nitrogen and oxygen atoms in total. The number of urea groups is 1. The van der Waals surface area contributed by atoms with Gasteiger partial charge in [0.05, 0.1) is 11.4 Å². The van der Waals surface area contributed by atoms with Crippen molar-refractivity contribution in [1.82, 2.24) is 20.6 Å². The maximum Gasteiger partial charge on any atom is 0.315 e. The van der Waals surface area contributed by atoms with Gasteiger partial charge in [-0.1, -0.05) is 42.5 Å². The minimum absolute atomic E-state index is 0.168. The molecule has 2 aromatic carbocycles. The molecule has 0 bridgehead atoms. The number of hydrogen-bond acceptors (Lipinski definition) is 4. The van der Waals surface area contributed by atoms with E-state index in [9.17, 15) is 14.7 Å². The van der Waals surface area contributed by atoms with Gasteiger partial charge in [0.15, 0.2) is 0 Å². The summed E-state index contributed by atoms with van der Waals surface area (Å²) in [6.45, 7) is 2.79. The fourth-order valence-electron chi connectivity index (χ4n) is 3.12. The number of H-pyrrole nitrogens is 1. The first-order valence-corrected chi connectivity index (χ1v) is 9.98. The molecule has 0 aliphatic heterocycles. The molecule has 1 heterocycles. The molecule has 0 radical (unpaired) electrons. The van der Waals surface area contributed by atoms with Crippen molar-refractivity contribution in [3.63, 3.8) is 0 Å². The molecule has 0 aliphatic carbocycles. The summed E-state index contributed by atoms with van der Waals surface area (Å²) in [4.78, 5) is 31.6. The van der Waals surface area contributed by atoms with Crippen LogP contribution in [0.2, 0.25) is 0 Å². The Labute approximate surface area is 175 Å². The summed E-state index contributed by atoms with van der Waals surface area (Å²) in [5.41, 5.74) is 3.73. The Bertz CT molecular complexity index is 1030. The van der Waals surface area contributed by atoms with Crippen molar-refractivity contribution in [1.29, 1.82) is 0 Å². The van der Waals surface area contributed by atoms with E-state index in [4.69, 9.17) is 0 Å². The molecule has 3 aromatic rings. The second-order valence-corrected chi connectivity index (χ2v) is 7.07. The minimum atomic E-state index is -0.248. The first-order valence-electron chi connectivity index (χ1n) is 9.98. The van der Waals surface area contributed by atoms with E-state index in [-0.39, 0.29) is 17.3 Å². The number of aromatic amines is 1. The molecule has 1 aromatic heterocycles. The van der Waals surface area contributed by atoms with Crippen molar-refractivity contribution in [3.05, 3.63) is 81.9 Å². The monoisotopic (exact) mass is 406 g/mol. The number of phenols is 1. The van der Waals surface area contributed by atoms with Crippen LogP contribution in [0.1, 0.15) is 29.8 Å². The van der Waals surface area contributed by atoms with Crippen molar-refractivity contribution >= 4 is 6.03 Å². The van der Waals surface area contributed by atoms with Crippen LogP contribution >= 0.6 is 0 Å². The van der Waals surface area contributed by atoms with Gasteiger partial charge in [0.1, 0.15) is 11.4 Å². The van der Waals surface area contributed by atoms with Crippen molar-refractivity contribution in [3.8, 4) is 17.0 Å². The number of phenolic OH excluding ortho intramolecular Hbond substituents is 1. The number of hydrogen-bond donors (Lipinski definition) is 4. The van der Waals surface area contributed by atoms with Crippen molar-refractivity contribution in [2.75, 3.05) is 6.54 Å². The zero-order chi connectivity index (χ0) is 21.3. The van der Waals surface area contributed by atoms with E-state index in [1.807, 2.05) is 37.3 Å². The van der Waals surface area contributed by atoms with Crippen LogP contribution in [0.3, 0.4) is 0 Å². The topological polar surface area (TPSA) is 107 Å². The third kappa shape index (κ3) is 5.94. The lowest BCUT2D eigenvalue weighted by Crippen LogP contribution is -2.35. The normalized spacial score (nSPS) is 10.6. The molecule has 3 rings (SSSR count). The summed E-state index contributed by atoms with van der Waals surface area (Å²) in [6.07, 6.45) is 2.05. The van der Waals surface area contributed by atoms with E-state index < -0.39 is 0 Å². The van der Waals surface area contributed by atoms with Crippen LogP contribution < -0.4 is 16.2 Å². The summed E-state index contributed by atoms with van der Waals surface area (Å²) >= 11 is 0. The van der Waals surface area contributed by atoms with Gasteiger partial charge in [-0.2, -0.15) is 0 Å². The molecule has 2 amide bonds. The van der Waals surface area contributed by atoms with Crippen LogP contribution in [-0.4, -0.2) is 27.7 Å². The number of rotatable bonds is 8. The Kier molecular flexibility index (Phi) is 7.21. The number of carbonyl (C=O) groups excluding carboxylic acids is 1. The highest BCUT2D eigenvalue weighted by molar-refractivity contribution is 5.73. The minimum Gasteiger partial charge on any atom is -0.508 e. The fourth-order valence-corrected chi connectivity index (χ4v) is 3.12. The zero-order valence-electron chi connectivity index (χ0n) is 16.9. The number of benzene rings is 2. The van der Waals surface area contributed by atoms with Gasteiger partial charge in [0, 0.05) is 13.1 Å². The highest BCUT2D eigenvalue weighted by Gasteiger charge is 2.09. The predicted octanol–water partition coefficient (Wildman–Crippen LogP) is 3.27. The number of carbonyl (C=O) groups is 1. The van der Waals surface area contributed by atoms with Crippen molar-refractivity contribution < 1.29 is 9.90 Å². The SMILES string of the molecule is Cc1nc(CCCCNC(=O)NCc2ccc(O)cc2)c(=O)[nH]c1-c1ccccc1. The molecule has 30 heavy (non-hydrogen) atoms. The Hall–Kier alpha value is -3.61. The van der Waals surface area contributed by atoms with Gasteiger partial charge in [-0.25, -0.2) is 4.79 Å². The summed E-state index contributed by atoms with van der Waals surface area (Å²) in [7, 11) is 0. The largest absolute Gasteiger partial charge is 0.508 e. The lowest BCUT2D eigenvalue weighted by atomic mass is 10.1. The number of nitrogens with one attached hydrogen (secondary N) is 3. The highest BCUT2D eigenvalue weighted by atomic mass is 16.3. The Morgan fingerprint density at radius 2 is 1.77 bits per heavy atom. The second kappa shape index (κ2) is 10.2. The third-order valence-corrected chi connectivity index (χ3v) is 4.74. The van der Waals surface area contributed by atoms with E-state index in [2.05, 4.69) is 20.6 Å². The first-order chi connectivity index (χ1) is 14.5. The molecular formula is C23H26N4O3. The lowest BCUT2D eigenvalue weighted by molar-refractivity contribution is 0.240. The second-order valence-electron chi connectivity index (χ2n) is 7.07. The van der Waals surface area contributed by atoms with Crippen LogP contribution in [0.25, 0.3) is 11.3 Å². The molecule has 7 heteroatoms. The van der Waals surface area contributed by atoms with Gasteiger partial charge < -0.3 is 20.7 Å². The van der Waals surface area contributed by atoms with Crippen molar-refractivity contribution in [2.45, 2.75) is 32.7 Å². The number of aromatic nitrogens is 2. The third-order valence-electron chi connectivity index (χ3n) is 4.74. The molecule has 0 unspecified atom stereocenters. The van der Waals surface area contributed by atoms with Crippen LogP contribution in [0, 0.1) is 6.92 Å². The molecule has 0 saturated heterocycles. The summed E-state index contributed by atoms with van der Waals surface area (Å²) < 4.78 is 0. The fraction of sp³-hybridized carbons (Fsp3) is 0.261. The van der Waals surface area contributed by atoms with Crippen LogP contribution in [0.4, 0.5) is 4.79 Å². The zero-order valence-corrected chi connectivity index (χ0v) is 16.9. The van der Waals surface area contributed by atoms with Gasteiger partial charge >= 0.3 is 6.03 Å². The molecule has 0 aliphatic rings. The highest BCUT2D eigenvalue weighted by Crippen LogP contribution is 2.18. The standard InChI is InChI=1S/C23H26N4O3/c1-16-21(18-7-3-2-4-8-18)27-22(29)20(26-16)9-5-6-14-24-23(30)25-15-17-10-12-19(28)13-11-17/h2-4,7-8,10-13,28H,5-6,9,14-15H2,1H3,(H,27,29)(H2,24,25,30). The van der Waals surface area contributed by atoms with Gasteiger partial charge in [-0.3, -0.25) is 9.78 Å². The van der Waals surface area contributed by atoms with Gasteiger partial charge in [0.25, 0.3) is 5.56 Å². The Morgan fingerprint density at radius 3 is 2.50 bits per heavy atom. The summed E-state index contributed by atoms with van der Waals surface area (Å²) in [5, 5.41) is 14.8. The van der Waals surface area contributed by atoms with E-state index in [1.165, 1.54) is 0 Å². The average Bonchev–Trinajstić information content (AvgIpc) is 2.75. The molecule has 156 valence electrons. The maximum atomic E-state index is 12.4. The average molecular weight is 406 g/mol. The van der Waals surface area contributed by atoms with Crippen molar-refractivity contribution in [2.24, 2.45) is 0 Å². The summed E-state index contributed by atoms with van der Waals surface area (Å²) in [5.74, 6) is 0.196. The van der Waals surface area contributed by atoms with E-state index in [0.29, 0.717) is 25.2 Å². The number of aromatic hydroxyl groups is 1. The predicted molar refractivity (Wildman–Crippen MR) is 116 cm³/mol. The molecule has 0 saturated carbocycles. The molecule has 0 fully saturated rings. The quantitative estimate of drug-likeness (QED) is 0.431. The van der Waals surface area contributed by atoms with Gasteiger partial charge in [0.2, 0.25) is 0 Å². The lowest BCUT2D eigenvalue weighted by Gasteiger charge is -2.09. The number of amides is 2. The van der Waals surface area contributed by atoms with E-state index in [1.54, 1.807) is 24.3 Å². The first kappa shape index (κ1) is 21.1. The van der Waals surface area contributed by atoms with Crippen LogP contribution in [0.15, 0.2) is 59.4 Å². The van der Waals surface area contributed by atoms with E-state index >= 15 is 0 Å². The molecule has 0 spiro atoms. The van der Waals surface area contributed by atoms with E-state index in [0.717, 1.165) is 35.4 Å². The van der Waals surface area contributed by atoms with Gasteiger partial charge in [-0.05, 0) is 49.4 Å². The Morgan fingerprint density at radius 1 is 1.03 bits per heavy atom. The van der Waals surface area contributed by atoms with Crippen LogP contribution in [-0.2, 0) is 13.0 Å². The van der Waals surface area contributed by atoms with Crippen LogP contribution in [0.5, 0.6) is 5.75 Å². The maximum absolute atomic E-state index is 12.4. The molecular weight excluding hydrogens is 380 g/mol. The molecule has 4 N–H and O–H groups in total. The number of aryl methyl sites for hydroxylation is 2. The van der Waals surface area contributed by atoms with Gasteiger partial charge in [-0.15, -0.1) is 0 Å². The molecule has 0 atom stereocenters.